The summed E-state index contributed by atoms with van der Waals surface area (Å²) < 4.78 is 16.3. The smallest absolute Gasteiger partial charge is 0.203 e. The second-order valence-electron chi connectivity index (χ2n) is 4.57. The summed E-state index contributed by atoms with van der Waals surface area (Å²) in [6.07, 6.45) is 3.39. The molecule has 2 rings (SSSR count). The van der Waals surface area contributed by atoms with Crippen LogP contribution in [0.15, 0.2) is 36.5 Å². The topological polar surface area (TPSA) is 64.4 Å². The monoisotopic (exact) mass is 310 g/mol. The third-order valence-electron chi connectivity index (χ3n) is 3.14. The van der Waals surface area contributed by atoms with Crippen molar-refractivity contribution < 1.29 is 14.2 Å². The lowest BCUT2D eigenvalue weighted by molar-refractivity contribution is 0.288. The normalized spacial score (nSPS) is 10.8. The van der Waals surface area contributed by atoms with Crippen molar-refractivity contribution in [3.05, 3.63) is 47.8 Å². The van der Waals surface area contributed by atoms with Gasteiger partial charge in [0, 0.05) is 6.20 Å². The summed E-state index contributed by atoms with van der Waals surface area (Å²) in [7, 11) is 3.13. The second kappa shape index (κ2) is 7.85. The van der Waals surface area contributed by atoms with Crippen molar-refractivity contribution >= 4 is 11.6 Å². The van der Waals surface area contributed by atoms with Crippen LogP contribution in [0.25, 0.3) is 11.6 Å². The van der Waals surface area contributed by atoms with Crippen LogP contribution in [0.2, 0.25) is 0 Å². The van der Waals surface area contributed by atoms with Gasteiger partial charge in [-0.2, -0.15) is 5.26 Å². The Balaban J connectivity index is 2.51. The molecule has 1 aromatic heterocycles. The number of nitrogens with zero attached hydrogens (tertiary/aromatic N) is 2. The first-order valence-electron chi connectivity index (χ1n) is 7.15. The highest BCUT2D eigenvalue weighted by molar-refractivity contribution is 5.88. The van der Waals surface area contributed by atoms with Crippen molar-refractivity contribution in [2.45, 2.75) is 6.92 Å². The van der Waals surface area contributed by atoms with E-state index in [1.165, 1.54) is 0 Å². The molecule has 118 valence electrons. The Morgan fingerprint density at radius 2 is 1.91 bits per heavy atom. The highest BCUT2D eigenvalue weighted by atomic mass is 16.5. The fourth-order valence-electron chi connectivity index (χ4n) is 2.12. The second-order valence-corrected chi connectivity index (χ2v) is 4.57. The van der Waals surface area contributed by atoms with E-state index in [2.05, 4.69) is 11.1 Å². The Morgan fingerprint density at radius 1 is 1.22 bits per heavy atom. The Labute approximate surface area is 135 Å². The molecule has 1 heterocycles. The SMILES string of the molecule is CCOc1c(OC)cc(/C=C(\C#N)c2ccccn2)cc1OC. The molecule has 2 aromatic rings. The van der Waals surface area contributed by atoms with Crippen LogP contribution in [0, 0.1) is 11.3 Å². The Hall–Kier alpha value is -3.00. The predicted octanol–water partition coefficient (Wildman–Crippen LogP) is 3.56. The van der Waals surface area contributed by atoms with E-state index in [1.54, 1.807) is 50.8 Å². The zero-order valence-corrected chi connectivity index (χ0v) is 13.4. The predicted molar refractivity (Wildman–Crippen MR) is 88.4 cm³/mol. The van der Waals surface area contributed by atoms with E-state index < -0.39 is 0 Å². The van der Waals surface area contributed by atoms with Crippen molar-refractivity contribution in [3.8, 4) is 23.3 Å². The minimum absolute atomic E-state index is 0.457. The molecule has 0 unspecified atom stereocenters. The standard InChI is InChI=1S/C18H18N2O3/c1-4-23-18-16(21-2)10-13(11-17(18)22-3)9-14(12-19)15-7-5-6-8-20-15/h5-11H,4H2,1-3H3/b14-9+. The third-order valence-corrected chi connectivity index (χ3v) is 3.14. The Kier molecular flexibility index (Phi) is 5.59. The molecule has 0 atom stereocenters. The van der Waals surface area contributed by atoms with Gasteiger partial charge in [-0.3, -0.25) is 4.98 Å². The molecule has 0 aliphatic heterocycles. The van der Waals surface area contributed by atoms with Crippen LogP contribution in [-0.4, -0.2) is 25.8 Å². The summed E-state index contributed by atoms with van der Waals surface area (Å²) >= 11 is 0. The number of rotatable bonds is 6. The van der Waals surface area contributed by atoms with Crippen LogP contribution in [0.1, 0.15) is 18.2 Å². The zero-order valence-electron chi connectivity index (χ0n) is 13.4. The van der Waals surface area contributed by atoms with Crippen LogP contribution in [-0.2, 0) is 0 Å². The van der Waals surface area contributed by atoms with Gasteiger partial charge in [0.25, 0.3) is 0 Å². The van der Waals surface area contributed by atoms with Crippen LogP contribution in [0.3, 0.4) is 0 Å². The molecule has 0 N–H and O–H groups in total. The number of hydrogen-bond donors (Lipinski definition) is 0. The summed E-state index contributed by atoms with van der Waals surface area (Å²) in [5.41, 5.74) is 1.84. The summed E-state index contributed by atoms with van der Waals surface area (Å²) in [5, 5.41) is 9.39. The number of hydrogen-bond acceptors (Lipinski definition) is 5. The lowest BCUT2D eigenvalue weighted by Crippen LogP contribution is -1.99. The quantitative estimate of drug-likeness (QED) is 0.763. The Bertz CT molecular complexity index is 709. The molecule has 0 aliphatic rings. The first kappa shape index (κ1) is 16.4. The number of methoxy groups -OCH3 is 2. The highest BCUT2D eigenvalue weighted by Crippen LogP contribution is 2.39. The van der Waals surface area contributed by atoms with Crippen molar-refractivity contribution in [2.75, 3.05) is 20.8 Å². The minimum Gasteiger partial charge on any atom is -0.493 e. The van der Waals surface area contributed by atoms with Gasteiger partial charge in [-0.15, -0.1) is 0 Å². The molecule has 0 saturated heterocycles. The molecule has 0 spiro atoms. The van der Waals surface area contributed by atoms with Gasteiger partial charge in [-0.25, -0.2) is 0 Å². The molecule has 0 radical (unpaired) electrons. The molecule has 0 saturated carbocycles. The molecule has 0 aliphatic carbocycles. The fraction of sp³-hybridized carbons (Fsp3) is 0.222. The van der Waals surface area contributed by atoms with Gasteiger partial charge in [0.15, 0.2) is 11.5 Å². The maximum Gasteiger partial charge on any atom is 0.203 e. The van der Waals surface area contributed by atoms with Crippen molar-refractivity contribution in [3.63, 3.8) is 0 Å². The summed E-state index contributed by atoms with van der Waals surface area (Å²) in [5.74, 6) is 1.65. The minimum atomic E-state index is 0.457. The maximum absolute atomic E-state index is 9.39. The van der Waals surface area contributed by atoms with E-state index in [1.807, 2.05) is 13.0 Å². The van der Waals surface area contributed by atoms with Crippen LogP contribution in [0.5, 0.6) is 17.2 Å². The van der Waals surface area contributed by atoms with E-state index in [0.29, 0.717) is 35.1 Å². The van der Waals surface area contributed by atoms with Gasteiger partial charge in [-0.05, 0) is 42.8 Å². The first-order valence-corrected chi connectivity index (χ1v) is 7.15. The molecular formula is C18H18N2O3. The molecule has 1 aromatic carbocycles. The molecule has 23 heavy (non-hydrogen) atoms. The number of nitriles is 1. The van der Waals surface area contributed by atoms with E-state index in [4.69, 9.17) is 14.2 Å². The van der Waals surface area contributed by atoms with Crippen LogP contribution < -0.4 is 14.2 Å². The Morgan fingerprint density at radius 3 is 2.39 bits per heavy atom. The average molecular weight is 310 g/mol. The lowest BCUT2D eigenvalue weighted by Gasteiger charge is -2.14. The molecule has 5 heteroatoms. The first-order chi connectivity index (χ1) is 11.2. The lowest BCUT2D eigenvalue weighted by atomic mass is 10.1. The number of benzene rings is 1. The van der Waals surface area contributed by atoms with Gasteiger partial charge in [0.05, 0.1) is 32.1 Å². The van der Waals surface area contributed by atoms with E-state index in [9.17, 15) is 5.26 Å². The molecular weight excluding hydrogens is 292 g/mol. The highest BCUT2D eigenvalue weighted by Gasteiger charge is 2.14. The fourth-order valence-corrected chi connectivity index (χ4v) is 2.12. The largest absolute Gasteiger partial charge is 0.493 e. The molecule has 0 amide bonds. The van der Waals surface area contributed by atoms with Gasteiger partial charge in [0.1, 0.15) is 6.07 Å². The van der Waals surface area contributed by atoms with Crippen LogP contribution >= 0.6 is 0 Å². The summed E-state index contributed by atoms with van der Waals surface area (Å²) in [6, 6.07) is 11.2. The van der Waals surface area contributed by atoms with Crippen LogP contribution in [0.4, 0.5) is 0 Å². The number of ether oxygens (including phenoxy) is 3. The summed E-state index contributed by atoms with van der Waals surface area (Å²) in [4.78, 5) is 4.20. The van der Waals surface area contributed by atoms with E-state index >= 15 is 0 Å². The zero-order chi connectivity index (χ0) is 16.7. The number of allylic oxidation sites excluding steroid dienone is 1. The third kappa shape index (κ3) is 3.80. The van der Waals surface area contributed by atoms with Crippen molar-refractivity contribution in [1.29, 1.82) is 5.26 Å². The van der Waals surface area contributed by atoms with Gasteiger partial charge < -0.3 is 14.2 Å². The summed E-state index contributed by atoms with van der Waals surface area (Å²) in [6.45, 7) is 2.39. The molecule has 5 nitrogen and oxygen atoms in total. The average Bonchev–Trinajstić information content (AvgIpc) is 2.61. The van der Waals surface area contributed by atoms with Crippen molar-refractivity contribution in [1.82, 2.24) is 4.98 Å². The number of aromatic nitrogens is 1. The van der Waals surface area contributed by atoms with Gasteiger partial charge >= 0.3 is 0 Å². The van der Waals surface area contributed by atoms with Gasteiger partial charge in [0.2, 0.25) is 5.75 Å². The molecule has 0 bridgehead atoms. The van der Waals surface area contributed by atoms with E-state index in [0.717, 1.165) is 5.56 Å². The number of pyridine rings is 1. The van der Waals surface area contributed by atoms with E-state index in [-0.39, 0.29) is 0 Å². The maximum atomic E-state index is 9.39. The van der Waals surface area contributed by atoms with Crippen molar-refractivity contribution in [2.24, 2.45) is 0 Å². The van der Waals surface area contributed by atoms with Gasteiger partial charge in [-0.1, -0.05) is 6.07 Å². The molecule has 0 fully saturated rings.